The van der Waals surface area contributed by atoms with E-state index in [4.69, 9.17) is 8.83 Å². The van der Waals surface area contributed by atoms with Crippen LogP contribution in [0.3, 0.4) is 0 Å². The summed E-state index contributed by atoms with van der Waals surface area (Å²) in [5.74, 6) is 0. The summed E-state index contributed by atoms with van der Waals surface area (Å²) in [6.07, 6.45) is 0. The topological polar surface area (TPSA) is 32.8 Å². The molecule has 14 aromatic rings. The summed E-state index contributed by atoms with van der Waals surface area (Å²) < 4.78 is 13.9. The quantitative estimate of drug-likeness (QED) is 0.144. The molecular weight excluding hydrogens is 877 g/mol. The SMILES string of the molecule is c1ccc(-c2cccc(N(c3ccccc3-c3ccccc3N(c3ccc(-c4ccc5ccccc5c4)cc3)c3cccc4c3oc3ccc5ccccc5c34)c3cccc4c3oc3ccccc34)c2)cc1. The summed E-state index contributed by atoms with van der Waals surface area (Å²) in [4.78, 5) is 4.75. The van der Waals surface area contributed by atoms with Gasteiger partial charge in [-0.1, -0.05) is 200 Å². The monoisotopic (exact) mass is 920 g/mol. The molecule has 0 unspecified atom stereocenters. The second kappa shape index (κ2) is 17.1. The molecule has 0 N–H and O–H groups in total. The first-order chi connectivity index (χ1) is 35.7. The first-order valence-electron chi connectivity index (χ1n) is 24.5. The van der Waals surface area contributed by atoms with E-state index in [1.54, 1.807) is 0 Å². The predicted octanol–water partition coefficient (Wildman–Crippen LogP) is 19.7. The molecule has 0 aliphatic carbocycles. The molecule has 0 bridgehead atoms. The summed E-state index contributed by atoms with van der Waals surface area (Å²) in [5, 5.41) is 9.12. The Labute approximate surface area is 416 Å². The third-order valence-corrected chi connectivity index (χ3v) is 14.2. The molecule has 2 aromatic heterocycles. The fourth-order valence-corrected chi connectivity index (χ4v) is 10.9. The number of benzene rings is 12. The van der Waals surface area contributed by atoms with Gasteiger partial charge in [0.05, 0.1) is 22.7 Å². The molecule has 0 aliphatic rings. The smallest absolute Gasteiger partial charge is 0.159 e. The lowest BCUT2D eigenvalue weighted by molar-refractivity contribution is 0.669. The number of hydrogen-bond acceptors (Lipinski definition) is 4. The standard InChI is InChI=1S/C68H44N2O2/c1-2-17-45(18-3-1)50-22-14-23-53(44-50)70(62-32-15-28-58-57-27-10-13-34-64(57)71-67(58)62)61-31-12-9-26-56(61)55-25-8-11-30-60(55)69(52-40-37-47(38-41-52)51-36-35-46-19-4-5-21-49(46)43-51)63-33-16-29-59-66-54-24-7-6-20-48(54)39-42-65(66)72-68(59)63/h1-44H. The molecule has 12 aromatic carbocycles. The van der Waals surface area contributed by atoms with E-state index in [9.17, 15) is 0 Å². The summed E-state index contributed by atoms with van der Waals surface area (Å²) in [6.45, 7) is 0. The Morgan fingerprint density at radius 2 is 0.750 bits per heavy atom. The summed E-state index contributed by atoms with van der Waals surface area (Å²) in [7, 11) is 0. The normalized spacial score (nSPS) is 11.6. The van der Waals surface area contributed by atoms with Crippen LogP contribution in [0, 0.1) is 0 Å². The molecule has 4 heteroatoms. The van der Waals surface area contributed by atoms with Crippen LogP contribution >= 0.6 is 0 Å². The van der Waals surface area contributed by atoms with Gasteiger partial charge in [0.2, 0.25) is 0 Å². The molecule has 0 fully saturated rings. The molecule has 4 nitrogen and oxygen atoms in total. The van der Waals surface area contributed by atoms with Crippen molar-refractivity contribution in [1.29, 1.82) is 0 Å². The average molecular weight is 921 g/mol. The van der Waals surface area contributed by atoms with Crippen molar-refractivity contribution in [3.05, 3.63) is 267 Å². The minimum absolute atomic E-state index is 0.821. The summed E-state index contributed by atoms with van der Waals surface area (Å²) in [6, 6.07) is 95.3. The van der Waals surface area contributed by atoms with Crippen molar-refractivity contribution >= 4 is 99.5 Å². The Hall–Kier alpha value is -9.64. The van der Waals surface area contributed by atoms with E-state index in [-0.39, 0.29) is 0 Å². The van der Waals surface area contributed by atoms with Gasteiger partial charge in [-0.05, 0) is 111 Å². The van der Waals surface area contributed by atoms with Gasteiger partial charge in [-0.15, -0.1) is 0 Å². The van der Waals surface area contributed by atoms with Gasteiger partial charge >= 0.3 is 0 Å². The highest BCUT2D eigenvalue weighted by Crippen LogP contribution is 2.51. The number of nitrogens with zero attached hydrogens (tertiary/aromatic N) is 2. The van der Waals surface area contributed by atoms with Crippen LogP contribution < -0.4 is 9.80 Å². The molecule has 0 spiro atoms. The zero-order chi connectivity index (χ0) is 47.5. The van der Waals surface area contributed by atoms with E-state index < -0.39 is 0 Å². The van der Waals surface area contributed by atoms with Gasteiger partial charge in [-0.2, -0.15) is 0 Å². The Morgan fingerprint density at radius 3 is 1.53 bits per heavy atom. The van der Waals surface area contributed by atoms with Crippen LogP contribution in [0.2, 0.25) is 0 Å². The molecule has 0 atom stereocenters. The summed E-state index contributed by atoms with van der Waals surface area (Å²) in [5.41, 5.74) is 15.9. The highest BCUT2D eigenvalue weighted by molar-refractivity contribution is 6.21. The largest absolute Gasteiger partial charge is 0.454 e. The van der Waals surface area contributed by atoms with Gasteiger partial charge in [0.25, 0.3) is 0 Å². The second-order valence-corrected chi connectivity index (χ2v) is 18.4. The first kappa shape index (κ1) is 41.3. The lowest BCUT2D eigenvalue weighted by atomic mass is 9.97. The molecular formula is C68H44N2O2. The predicted molar refractivity (Wildman–Crippen MR) is 302 cm³/mol. The zero-order valence-electron chi connectivity index (χ0n) is 39.1. The van der Waals surface area contributed by atoms with Crippen LogP contribution in [0.1, 0.15) is 0 Å². The lowest BCUT2D eigenvalue weighted by Crippen LogP contribution is -2.14. The molecule has 2 heterocycles. The van der Waals surface area contributed by atoms with E-state index in [0.717, 1.165) is 106 Å². The van der Waals surface area contributed by atoms with E-state index in [1.807, 2.05) is 6.07 Å². The summed E-state index contributed by atoms with van der Waals surface area (Å²) >= 11 is 0. The Balaban J connectivity index is 0.998. The number of anilines is 6. The van der Waals surface area contributed by atoms with Crippen molar-refractivity contribution in [2.45, 2.75) is 0 Å². The van der Waals surface area contributed by atoms with E-state index in [2.05, 4.69) is 271 Å². The van der Waals surface area contributed by atoms with E-state index in [0.29, 0.717) is 0 Å². The maximum absolute atomic E-state index is 7.03. The van der Waals surface area contributed by atoms with Crippen LogP contribution in [0.15, 0.2) is 276 Å². The molecule has 0 saturated carbocycles. The van der Waals surface area contributed by atoms with Gasteiger partial charge in [-0.25, -0.2) is 0 Å². The molecule has 0 amide bonds. The fraction of sp³-hybridized carbons (Fsp3) is 0. The number of para-hydroxylation sites is 5. The van der Waals surface area contributed by atoms with Gasteiger partial charge in [0.15, 0.2) is 11.2 Å². The zero-order valence-corrected chi connectivity index (χ0v) is 39.1. The third kappa shape index (κ3) is 6.92. The molecule has 0 saturated heterocycles. The van der Waals surface area contributed by atoms with Crippen LogP contribution in [0.4, 0.5) is 34.1 Å². The van der Waals surface area contributed by atoms with Crippen molar-refractivity contribution in [2.24, 2.45) is 0 Å². The lowest BCUT2D eigenvalue weighted by Gasteiger charge is -2.31. The molecule has 338 valence electrons. The molecule has 72 heavy (non-hydrogen) atoms. The first-order valence-corrected chi connectivity index (χ1v) is 24.5. The van der Waals surface area contributed by atoms with Gasteiger partial charge in [0, 0.05) is 44.0 Å². The molecule has 0 radical (unpaired) electrons. The maximum atomic E-state index is 7.03. The van der Waals surface area contributed by atoms with Crippen molar-refractivity contribution < 1.29 is 8.83 Å². The van der Waals surface area contributed by atoms with Crippen molar-refractivity contribution in [3.8, 4) is 33.4 Å². The van der Waals surface area contributed by atoms with Crippen molar-refractivity contribution in [1.82, 2.24) is 0 Å². The van der Waals surface area contributed by atoms with Crippen LogP contribution in [-0.2, 0) is 0 Å². The third-order valence-electron chi connectivity index (χ3n) is 14.2. The Kier molecular flexibility index (Phi) is 9.82. The van der Waals surface area contributed by atoms with Crippen molar-refractivity contribution in [3.63, 3.8) is 0 Å². The van der Waals surface area contributed by atoms with Gasteiger partial charge < -0.3 is 18.6 Å². The minimum atomic E-state index is 0.821. The average Bonchev–Trinajstić information content (AvgIpc) is 4.04. The number of fused-ring (bicyclic) bond motifs is 9. The number of furan rings is 2. The highest BCUT2D eigenvalue weighted by atomic mass is 16.3. The van der Waals surface area contributed by atoms with Crippen molar-refractivity contribution in [2.75, 3.05) is 9.80 Å². The molecule has 0 aliphatic heterocycles. The Bertz CT molecular complexity index is 4360. The Morgan fingerprint density at radius 1 is 0.250 bits per heavy atom. The van der Waals surface area contributed by atoms with Crippen LogP contribution in [-0.4, -0.2) is 0 Å². The molecule has 14 rings (SSSR count). The van der Waals surface area contributed by atoms with Crippen LogP contribution in [0.5, 0.6) is 0 Å². The number of rotatable bonds is 9. The van der Waals surface area contributed by atoms with E-state index >= 15 is 0 Å². The number of hydrogen-bond donors (Lipinski definition) is 0. The van der Waals surface area contributed by atoms with Gasteiger partial charge in [0.1, 0.15) is 11.2 Å². The van der Waals surface area contributed by atoms with Crippen LogP contribution in [0.25, 0.3) is 98.8 Å². The van der Waals surface area contributed by atoms with E-state index in [1.165, 1.54) is 27.1 Å². The fourth-order valence-electron chi connectivity index (χ4n) is 10.9. The van der Waals surface area contributed by atoms with Gasteiger partial charge in [-0.3, -0.25) is 0 Å². The maximum Gasteiger partial charge on any atom is 0.159 e. The minimum Gasteiger partial charge on any atom is -0.454 e. The second-order valence-electron chi connectivity index (χ2n) is 18.4. The highest BCUT2D eigenvalue weighted by Gasteiger charge is 2.27.